The van der Waals surface area contributed by atoms with Gasteiger partial charge in [0.25, 0.3) is 0 Å². The third-order valence-electron chi connectivity index (χ3n) is 4.63. The Bertz CT molecular complexity index is 1040. The van der Waals surface area contributed by atoms with Gasteiger partial charge in [-0.15, -0.1) is 0 Å². The van der Waals surface area contributed by atoms with Crippen LogP contribution in [0, 0.1) is 11.3 Å². The number of para-hydroxylation sites is 1. The number of amidine groups is 1. The third-order valence-corrected chi connectivity index (χ3v) is 4.63. The van der Waals surface area contributed by atoms with Crippen molar-refractivity contribution < 1.29 is 19.5 Å². The van der Waals surface area contributed by atoms with Crippen LogP contribution in [0.4, 0.5) is 10.5 Å². The SMILES string of the molecule is N=C(N)N=C(N)CC1C(=O)N(C(=O)Nc2ccccc2-c2ccccc2)C1C(=O)O. The Labute approximate surface area is 171 Å². The number of anilines is 1. The molecular formula is C20H20N6O4. The number of carboxylic acids is 1. The van der Waals surface area contributed by atoms with Crippen molar-refractivity contribution in [1.82, 2.24) is 4.90 Å². The number of urea groups is 1. The van der Waals surface area contributed by atoms with Crippen LogP contribution in [-0.2, 0) is 9.59 Å². The number of nitrogens with two attached hydrogens (primary N) is 2. The number of aliphatic imine (C=N–C) groups is 1. The number of carbonyl (C=O) groups excluding carboxylic acids is 2. The van der Waals surface area contributed by atoms with Gasteiger partial charge in [-0.3, -0.25) is 10.2 Å². The fraction of sp³-hybridized carbons (Fsp3) is 0.150. The summed E-state index contributed by atoms with van der Waals surface area (Å²) in [4.78, 5) is 41.0. The van der Waals surface area contributed by atoms with E-state index in [9.17, 15) is 19.5 Å². The van der Waals surface area contributed by atoms with E-state index < -0.39 is 35.8 Å². The highest BCUT2D eigenvalue weighted by molar-refractivity contribution is 6.13. The number of benzene rings is 2. The van der Waals surface area contributed by atoms with Crippen molar-refractivity contribution in [1.29, 1.82) is 5.41 Å². The minimum Gasteiger partial charge on any atom is -0.480 e. The number of likely N-dealkylation sites (tertiary alicyclic amines) is 1. The molecule has 2 atom stereocenters. The van der Waals surface area contributed by atoms with Crippen LogP contribution in [-0.4, -0.2) is 45.8 Å². The van der Waals surface area contributed by atoms with Gasteiger partial charge in [-0.2, -0.15) is 0 Å². The Balaban J connectivity index is 1.80. The number of carboxylic acid groups (broad SMARTS) is 1. The van der Waals surface area contributed by atoms with Gasteiger partial charge in [-0.1, -0.05) is 48.5 Å². The molecule has 3 amide bonds. The van der Waals surface area contributed by atoms with Gasteiger partial charge < -0.3 is 21.9 Å². The first-order chi connectivity index (χ1) is 14.3. The molecule has 154 valence electrons. The number of nitrogens with one attached hydrogen (secondary N) is 2. The molecule has 0 aromatic heterocycles. The summed E-state index contributed by atoms with van der Waals surface area (Å²) < 4.78 is 0. The van der Waals surface area contributed by atoms with Crippen LogP contribution in [0.1, 0.15) is 6.42 Å². The number of nitrogens with zero attached hydrogens (tertiary/aromatic N) is 2. The highest BCUT2D eigenvalue weighted by Crippen LogP contribution is 2.32. The predicted octanol–water partition coefficient (Wildman–Crippen LogP) is 1.44. The number of imide groups is 1. The van der Waals surface area contributed by atoms with E-state index in [1.165, 1.54) is 0 Å². The van der Waals surface area contributed by atoms with E-state index in [0.717, 1.165) is 11.1 Å². The second-order valence-electron chi connectivity index (χ2n) is 6.63. The molecule has 0 bridgehead atoms. The maximum Gasteiger partial charge on any atom is 0.329 e. The lowest BCUT2D eigenvalue weighted by atomic mass is 9.84. The smallest absolute Gasteiger partial charge is 0.329 e. The maximum atomic E-state index is 12.7. The molecule has 0 saturated carbocycles. The number of carbonyl (C=O) groups is 3. The molecule has 0 aliphatic carbocycles. The second kappa shape index (κ2) is 8.43. The molecule has 1 aliphatic heterocycles. The Morgan fingerprint density at radius 1 is 1.10 bits per heavy atom. The van der Waals surface area contributed by atoms with Crippen molar-refractivity contribution in [2.75, 3.05) is 5.32 Å². The fourth-order valence-corrected chi connectivity index (χ4v) is 3.32. The van der Waals surface area contributed by atoms with E-state index in [-0.39, 0.29) is 12.3 Å². The summed E-state index contributed by atoms with van der Waals surface area (Å²) in [6, 6.07) is 14.0. The van der Waals surface area contributed by atoms with Crippen molar-refractivity contribution >= 4 is 35.4 Å². The van der Waals surface area contributed by atoms with E-state index in [1.54, 1.807) is 24.3 Å². The number of rotatable bonds is 5. The number of β-lactam (4-membered cyclic amide) rings is 1. The van der Waals surface area contributed by atoms with Crippen LogP contribution in [0.2, 0.25) is 0 Å². The Kier molecular flexibility index (Phi) is 5.77. The number of hydrogen-bond donors (Lipinski definition) is 5. The summed E-state index contributed by atoms with van der Waals surface area (Å²) in [5, 5.41) is 19.2. The average Bonchev–Trinajstić information content (AvgIpc) is 2.70. The summed E-state index contributed by atoms with van der Waals surface area (Å²) in [6.45, 7) is 0. The standard InChI is InChI=1S/C20H20N6O4/c21-15(25-19(22)23)10-13-16(18(28)29)26(17(13)27)20(30)24-14-9-5-4-8-12(14)11-6-2-1-3-7-11/h1-9,13,16H,10H2,(H,24,30)(H,28,29)(H5,21,22,23,25). The normalized spacial score (nSPS) is 18.5. The Hall–Kier alpha value is -4.21. The van der Waals surface area contributed by atoms with Crippen LogP contribution >= 0.6 is 0 Å². The van der Waals surface area contributed by atoms with E-state index in [0.29, 0.717) is 10.6 Å². The molecule has 7 N–H and O–H groups in total. The molecular weight excluding hydrogens is 388 g/mol. The second-order valence-corrected chi connectivity index (χ2v) is 6.63. The summed E-state index contributed by atoms with van der Waals surface area (Å²) >= 11 is 0. The van der Waals surface area contributed by atoms with E-state index in [4.69, 9.17) is 16.9 Å². The zero-order valence-corrected chi connectivity index (χ0v) is 15.8. The van der Waals surface area contributed by atoms with Gasteiger partial charge in [0.05, 0.1) is 11.6 Å². The van der Waals surface area contributed by atoms with Gasteiger partial charge >= 0.3 is 12.0 Å². The van der Waals surface area contributed by atoms with Crippen LogP contribution in [0.15, 0.2) is 59.6 Å². The maximum absolute atomic E-state index is 12.7. The van der Waals surface area contributed by atoms with Gasteiger partial charge in [-0.05, 0) is 11.6 Å². The molecule has 1 heterocycles. The van der Waals surface area contributed by atoms with Gasteiger partial charge in [-0.25, -0.2) is 19.5 Å². The summed E-state index contributed by atoms with van der Waals surface area (Å²) in [5.74, 6) is -3.82. The van der Waals surface area contributed by atoms with Crippen LogP contribution in [0.3, 0.4) is 0 Å². The first-order valence-electron chi connectivity index (χ1n) is 8.98. The molecule has 0 radical (unpaired) electrons. The molecule has 3 rings (SSSR count). The predicted molar refractivity (Wildman–Crippen MR) is 111 cm³/mol. The van der Waals surface area contributed by atoms with E-state index in [2.05, 4.69) is 10.3 Å². The van der Waals surface area contributed by atoms with Crippen LogP contribution < -0.4 is 16.8 Å². The van der Waals surface area contributed by atoms with Gasteiger partial charge in [0.2, 0.25) is 11.9 Å². The molecule has 0 spiro atoms. The molecule has 10 heteroatoms. The first-order valence-corrected chi connectivity index (χ1v) is 8.98. The highest BCUT2D eigenvalue weighted by atomic mass is 16.4. The zero-order chi connectivity index (χ0) is 21.8. The van der Waals surface area contributed by atoms with Crippen LogP contribution in [0.25, 0.3) is 11.1 Å². The molecule has 2 unspecified atom stereocenters. The highest BCUT2D eigenvalue weighted by Gasteiger charge is 2.55. The first kappa shape index (κ1) is 20.5. The number of amides is 3. The minimum absolute atomic E-state index is 0.151. The monoisotopic (exact) mass is 408 g/mol. The molecule has 2 aromatic carbocycles. The zero-order valence-electron chi connectivity index (χ0n) is 15.8. The van der Waals surface area contributed by atoms with E-state index >= 15 is 0 Å². The molecule has 2 aromatic rings. The van der Waals surface area contributed by atoms with Gasteiger partial charge in [0.1, 0.15) is 5.84 Å². The largest absolute Gasteiger partial charge is 0.480 e. The number of hydrogen-bond acceptors (Lipinski definition) is 4. The number of guanidine groups is 1. The van der Waals surface area contributed by atoms with Crippen molar-refractivity contribution in [3.63, 3.8) is 0 Å². The molecule has 1 aliphatic rings. The molecule has 30 heavy (non-hydrogen) atoms. The molecule has 1 saturated heterocycles. The molecule has 10 nitrogen and oxygen atoms in total. The number of aliphatic carboxylic acids is 1. The lowest BCUT2D eigenvalue weighted by Gasteiger charge is -2.42. The van der Waals surface area contributed by atoms with Crippen molar-refractivity contribution in [3.05, 3.63) is 54.6 Å². The van der Waals surface area contributed by atoms with E-state index in [1.807, 2.05) is 30.3 Å². The summed E-state index contributed by atoms with van der Waals surface area (Å²) in [7, 11) is 0. The quantitative estimate of drug-likeness (QED) is 0.284. The van der Waals surface area contributed by atoms with Crippen molar-refractivity contribution in [2.45, 2.75) is 12.5 Å². The molecule has 1 fully saturated rings. The topological polar surface area (TPSA) is 175 Å². The van der Waals surface area contributed by atoms with Crippen molar-refractivity contribution in [2.24, 2.45) is 22.4 Å². The summed E-state index contributed by atoms with van der Waals surface area (Å²) in [5.41, 5.74) is 12.7. The van der Waals surface area contributed by atoms with Gasteiger partial charge in [0, 0.05) is 12.0 Å². The lowest BCUT2D eigenvalue weighted by molar-refractivity contribution is -0.164. The minimum atomic E-state index is -1.40. The fourth-order valence-electron chi connectivity index (χ4n) is 3.32. The average molecular weight is 408 g/mol. The van der Waals surface area contributed by atoms with Crippen LogP contribution in [0.5, 0.6) is 0 Å². The summed E-state index contributed by atoms with van der Waals surface area (Å²) in [6.07, 6.45) is -0.222. The Morgan fingerprint density at radius 2 is 1.73 bits per heavy atom. The Morgan fingerprint density at radius 3 is 2.37 bits per heavy atom. The van der Waals surface area contributed by atoms with Crippen molar-refractivity contribution in [3.8, 4) is 11.1 Å². The third kappa shape index (κ3) is 4.12. The lowest BCUT2D eigenvalue weighted by Crippen LogP contribution is -2.67. The van der Waals surface area contributed by atoms with Gasteiger partial charge in [0.15, 0.2) is 6.04 Å².